The van der Waals surface area contributed by atoms with Crippen molar-refractivity contribution in [1.29, 1.82) is 0 Å². The van der Waals surface area contributed by atoms with Crippen LogP contribution >= 0.6 is 35.7 Å². The number of nitrogens with zero attached hydrogens (tertiary/aromatic N) is 1. The van der Waals surface area contributed by atoms with Crippen molar-refractivity contribution in [2.45, 2.75) is 12.5 Å². The molecule has 1 heterocycles. The second-order valence-electron chi connectivity index (χ2n) is 5.51. The van der Waals surface area contributed by atoms with Crippen molar-refractivity contribution in [2.24, 2.45) is 0 Å². The predicted octanol–water partition coefficient (Wildman–Crippen LogP) is 2.45. The minimum Gasteiger partial charge on any atom is -0.480 e. The van der Waals surface area contributed by atoms with Gasteiger partial charge in [0.15, 0.2) is 0 Å². The van der Waals surface area contributed by atoms with Gasteiger partial charge >= 0.3 is 5.97 Å². The van der Waals surface area contributed by atoms with Gasteiger partial charge in [0, 0.05) is 12.6 Å². The van der Waals surface area contributed by atoms with Crippen molar-refractivity contribution < 1.29 is 19.5 Å². The van der Waals surface area contributed by atoms with Crippen LogP contribution in [-0.4, -0.2) is 57.2 Å². The summed E-state index contributed by atoms with van der Waals surface area (Å²) in [6.45, 7) is 0. The van der Waals surface area contributed by atoms with Gasteiger partial charge in [0.05, 0.1) is 4.91 Å². The first-order valence-electron chi connectivity index (χ1n) is 7.67. The van der Waals surface area contributed by atoms with Gasteiger partial charge in [-0.3, -0.25) is 14.5 Å². The van der Waals surface area contributed by atoms with E-state index in [-0.39, 0.29) is 5.91 Å². The Balaban J connectivity index is 2.07. The lowest BCUT2D eigenvalue weighted by Gasteiger charge is -2.14. The van der Waals surface area contributed by atoms with Crippen molar-refractivity contribution in [2.75, 3.05) is 19.1 Å². The van der Waals surface area contributed by atoms with Crippen LogP contribution in [0.2, 0.25) is 0 Å². The number of nitrogens with one attached hydrogen (secondary N) is 1. The molecule has 26 heavy (non-hydrogen) atoms. The first-order chi connectivity index (χ1) is 12.3. The Kier molecular flexibility index (Phi) is 7.24. The molecule has 1 saturated heterocycles. The fourth-order valence-corrected chi connectivity index (χ4v) is 3.81. The number of benzene rings is 1. The van der Waals surface area contributed by atoms with Crippen LogP contribution in [0, 0.1) is 0 Å². The molecule has 1 aromatic carbocycles. The average molecular weight is 411 g/mol. The molecule has 6 nitrogen and oxygen atoms in total. The summed E-state index contributed by atoms with van der Waals surface area (Å²) < 4.78 is 0.502. The molecule has 1 aliphatic rings. The Morgan fingerprint density at radius 1 is 1.38 bits per heavy atom. The van der Waals surface area contributed by atoms with Gasteiger partial charge < -0.3 is 10.4 Å². The largest absolute Gasteiger partial charge is 0.480 e. The van der Waals surface area contributed by atoms with Gasteiger partial charge in [-0.2, -0.15) is 11.8 Å². The highest BCUT2D eigenvalue weighted by Gasteiger charge is 2.28. The minimum absolute atomic E-state index is 0.153. The third-order valence-electron chi connectivity index (χ3n) is 3.67. The normalized spacial score (nSPS) is 16.8. The summed E-state index contributed by atoms with van der Waals surface area (Å²) in [7, 11) is 1.63. The van der Waals surface area contributed by atoms with Crippen LogP contribution in [0.4, 0.5) is 0 Å². The number of carboxylic acid groups (broad SMARTS) is 1. The molecule has 1 unspecified atom stereocenters. The van der Waals surface area contributed by atoms with E-state index in [0.29, 0.717) is 27.0 Å². The highest BCUT2D eigenvalue weighted by atomic mass is 32.2. The van der Waals surface area contributed by atoms with Gasteiger partial charge in [-0.25, -0.2) is 4.79 Å². The summed E-state index contributed by atoms with van der Waals surface area (Å²) in [5.41, 5.74) is 1.12. The molecule has 0 aliphatic carbocycles. The summed E-state index contributed by atoms with van der Waals surface area (Å²) in [5, 5.41) is 11.7. The second kappa shape index (κ2) is 9.20. The second-order valence-corrected chi connectivity index (χ2v) is 8.17. The molecule has 0 saturated carbocycles. The van der Waals surface area contributed by atoms with Gasteiger partial charge in [0.25, 0.3) is 11.8 Å². The number of thioether (sulfide) groups is 2. The number of carboxylic acids is 1. The van der Waals surface area contributed by atoms with Crippen LogP contribution in [-0.2, 0) is 9.59 Å². The van der Waals surface area contributed by atoms with Crippen molar-refractivity contribution in [1.82, 2.24) is 10.2 Å². The van der Waals surface area contributed by atoms with Crippen LogP contribution < -0.4 is 5.32 Å². The Labute approximate surface area is 165 Å². The molecule has 0 bridgehead atoms. The summed E-state index contributed by atoms with van der Waals surface area (Å²) in [6, 6.07) is 5.69. The highest BCUT2D eigenvalue weighted by molar-refractivity contribution is 8.26. The van der Waals surface area contributed by atoms with Crippen LogP contribution in [0.3, 0.4) is 0 Å². The maximum absolute atomic E-state index is 12.2. The van der Waals surface area contributed by atoms with Crippen LogP contribution in [0.5, 0.6) is 0 Å². The maximum Gasteiger partial charge on any atom is 0.326 e. The van der Waals surface area contributed by atoms with E-state index in [2.05, 4.69) is 5.32 Å². The standard InChI is InChI=1S/C17H18N2O4S3/c1-19-15(21)13(26-17(19)24)9-10-3-5-11(6-4-10)14(20)18-12(16(22)23)7-8-25-2/h3-6,9,12H,7-8H2,1-2H3,(H,18,20)(H,22,23). The Morgan fingerprint density at radius 3 is 2.54 bits per heavy atom. The number of carbonyl (C=O) groups is 3. The molecule has 1 aliphatic heterocycles. The number of amides is 2. The molecule has 2 amide bonds. The molecule has 1 fully saturated rings. The Hall–Kier alpha value is -1.84. The highest BCUT2D eigenvalue weighted by Crippen LogP contribution is 2.31. The summed E-state index contributed by atoms with van der Waals surface area (Å²) in [5.74, 6) is -0.998. The summed E-state index contributed by atoms with van der Waals surface area (Å²) >= 11 is 7.84. The monoisotopic (exact) mass is 410 g/mol. The molecule has 9 heteroatoms. The molecular weight excluding hydrogens is 392 g/mol. The fourth-order valence-electron chi connectivity index (χ4n) is 2.16. The molecule has 2 rings (SSSR count). The first kappa shape index (κ1) is 20.5. The average Bonchev–Trinajstić information content (AvgIpc) is 2.85. The Morgan fingerprint density at radius 2 is 2.04 bits per heavy atom. The van der Waals surface area contributed by atoms with Gasteiger partial charge in [0.1, 0.15) is 10.4 Å². The van der Waals surface area contributed by atoms with E-state index in [0.717, 1.165) is 5.56 Å². The van der Waals surface area contributed by atoms with E-state index in [4.69, 9.17) is 12.2 Å². The van der Waals surface area contributed by atoms with E-state index in [1.165, 1.54) is 28.4 Å². The SMILES string of the molecule is CSCCC(NC(=O)c1ccc(C=C2SC(=S)N(C)C2=O)cc1)C(=O)O. The van der Waals surface area contributed by atoms with Gasteiger partial charge in [0.2, 0.25) is 0 Å². The molecule has 2 N–H and O–H groups in total. The van der Waals surface area contributed by atoms with E-state index in [1.807, 2.05) is 6.26 Å². The zero-order valence-corrected chi connectivity index (χ0v) is 16.7. The summed E-state index contributed by atoms with van der Waals surface area (Å²) in [6.07, 6.45) is 3.95. The predicted molar refractivity (Wildman–Crippen MR) is 109 cm³/mol. The lowest BCUT2D eigenvalue weighted by atomic mass is 10.1. The molecule has 0 spiro atoms. The fraction of sp³-hybridized carbons (Fsp3) is 0.294. The van der Waals surface area contributed by atoms with Crippen LogP contribution in [0.1, 0.15) is 22.3 Å². The third-order valence-corrected chi connectivity index (χ3v) is 5.80. The lowest BCUT2D eigenvalue weighted by Crippen LogP contribution is -2.41. The summed E-state index contributed by atoms with van der Waals surface area (Å²) in [4.78, 5) is 37.4. The van der Waals surface area contributed by atoms with Crippen LogP contribution in [0.15, 0.2) is 29.2 Å². The zero-order valence-electron chi connectivity index (χ0n) is 14.2. The smallest absolute Gasteiger partial charge is 0.326 e. The maximum atomic E-state index is 12.2. The molecule has 138 valence electrons. The molecular formula is C17H18N2O4S3. The third kappa shape index (κ3) is 5.09. The topological polar surface area (TPSA) is 86.7 Å². The molecule has 0 aromatic heterocycles. The van der Waals surface area contributed by atoms with Crippen molar-refractivity contribution >= 4 is 63.9 Å². The number of carbonyl (C=O) groups excluding carboxylic acids is 2. The zero-order chi connectivity index (χ0) is 19.3. The van der Waals surface area contributed by atoms with Crippen molar-refractivity contribution in [3.63, 3.8) is 0 Å². The number of rotatable bonds is 7. The van der Waals surface area contributed by atoms with Crippen molar-refractivity contribution in [3.8, 4) is 0 Å². The van der Waals surface area contributed by atoms with E-state index in [1.54, 1.807) is 37.4 Å². The quantitative estimate of drug-likeness (QED) is 0.527. The number of likely N-dealkylation sites (N-methyl/N-ethyl adjacent to an activating group) is 1. The van der Waals surface area contributed by atoms with E-state index < -0.39 is 17.9 Å². The number of hydrogen-bond acceptors (Lipinski definition) is 6. The Bertz CT molecular complexity index is 762. The number of aliphatic carboxylic acids is 1. The molecule has 1 atom stereocenters. The van der Waals surface area contributed by atoms with Crippen LogP contribution in [0.25, 0.3) is 6.08 Å². The van der Waals surface area contributed by atoms with Crippen molar-refractivity contribution in [3.05, 3.63) is 40.3 Å². The lowest BCUT2D eigenvalue weighted by molar-refractivity contribution is -0.139. The molecule has 1 aromatic rings. The van der Waals surface area contributed by atoms with Gasteiger partial charge in [-0.1, -0.05) is 36.1 Å². The van der Waals surface area contributed by atoms with E-state index >= 15 is 0 Å². The minimum atomic E-state index is -1.05. The van der Waals surface area contributed by atoms with E-state index in [9.17, 15) is 19.5 Å². The van der Waals surface area contributed by atoms with Gasteiger partial charge in [-0.15, -0.1) is 0 Å². The first-order valence-corrected chi connectivity index (χ1v) is 10.3. The number of thiocarbonyl (C=S) groups is 1. The molecule has 0 radical (unpaired) electrons. The van der Waals surface area contributed by atoms with Gasteiger partial charge in [-0.05, 0) is 42.2 Å². The number of hydrogen-bond donors (Lipinski definition) is 2.